The van der Waals surface area contributed by atoms with Crippen molar-refractivity contribution in [2.45, 2.75) is 51.0 Å². The van der Waals surface area contributed by atoms with Crippen molar-refractivity contribution in [1.82, 2.24) is 14.9 Å². The van der Waals surface area contributed by atoms with Crippen LogP contribution in [-0.4, -0.2) is 53.3 Å². The predicted molar refractivity (Wildman–Crippen MR) is 136 cm³/mol. The number of rotatable bonds is 6. The fraction of sp³-hybridized carbons (Fsp3) is 0.483. The Kier molecular flexibility index (Phi) is 6.13. The second-order valence-corrected chi connectivity index (χ2v) is 10.9. The lowest BCUT2D eigenvalue weighted by Crippen LogP contribution is -2.63. The van der Waals surface area contributed by atoms with Crippen LogP contribution >= 0.6 is 0 Å². The first kappa shape index (κ1) is 23.3. The maximum Gasteiger partial charge on any atom is 0.124 e. The molecule has 0 amide bonds. The third-order valence-corrected chi connectivity index (χ3v) is 7.94. The Balaban J connectivity index is 1.53. The van der Waals surface area contributed by atoms with Crippen LogP contribution in [0.15, 0.2) is 54.9 Å². The van der Waals surface area contributed by atoms with Gasteiger partial charge in [0.1, 0.15) is 5.60 Å². The molecule has 2 fully saturated rings. The van der Waals surface area contributed by atoms with E-state index in [9.17, 15) is 5.11 Å². The van der Waals surface area contributed by atoms with Gasteiger partial charge in [-0.2, -0.15) is 0 Å². The molecule has 34 heavy (non-hydrogen) atoms. The molecule has 0 aliphatic carbocycles. The summed E-state index contributed by atoms with van der Waals surface area (Å²) >= 11 is 0. The van der Waals surface area contributed by atoms with Crippen molar-refractivity contribution in [3.63, 3.8) is 0 Å². The van der Waals surface area contributed by atoms with Crippen LogP contribution in [-0.2, 0) is 10.3 Å². The molecule has 3 aromatic rings. The summed E-state index contributed by atoms with van der Waals surface area (Å²) in [7, 11) is 2.11. The molecule has 0 bridgehead atoms. The highest BCUT2D eigenvalue weighted by atomic mass is 16.5. The van der Waals surface area contributed by atoms with Crippen LogP contribution < -0.4 is 0 Å². The fourth-order valence-electron chi connectivity index (χ4n) is 5.96. The summed E-state index contributed by atoms with van der Waals surface area (Å²) in [5.41, 5.74) is 4.93. The number of pyridine rings is 1. The van der Waals surface area contributed by atoms with Gasteiger partial charge in [-0.15, -0.1) is 0 Å². The summed E-state index contributed by atoms with van der Waals surface area (Å²) in [5.74, 6) is 0.967. The van der Waals surface area contributed by atoms with Crippen LogP contribution in [0.4, 0.5) is 0 Å². The van der Waals surface area contributed by atoms with Crippen LogP contribution in [0.5, 0.6) is 0 Å². The predicted octanol–water partition coefficient (Wildman–Crippen LogP) is 5.28. The van der Waals surface area contributed by atoms with Crippen LogP contribution in [0.2, 0.25) is 0 Å². The Bertz CT molecular complexity index is 1120. The average Bonchev–Trinajstić information content (AvgIpc) is 3.34. The van der Waals surface area contributed by atoms with Crippen LogP contribution in [0.3, 0.4) is 0 Å². The number of benzene rings is 1. The molecule has 2 aliphatic rings. The highest BCUT2D eigenvalue weighted by Crippen LogP contribution is 2.50. The monoisotopic (exact) mass is 459 g/mol. The lowest BCUT2D eigenvalue weighted by atomic mass is 9.62. The van der Waals surface area contributed by atoms with Crippen molar-refractivity contribution in [3.05, 3.63) is 77.2 Å². The summed E-state index contributed by atoms with van der Waals surface area (Å²) in [4.78, 5) is 10.5. The molecule has 1 aromatic carbocycles. The number of ether oxygens (including phenoxy) is 1. The van der Waals surface area contributed by atoms with Crippen molar-refractivity contribution >= 4 is 0 Å². The first-order valence-corrected chi connectivity index (χ1v) is 12.5. The molecule has 0 saturated carbocycles. The molecule has 2 aromatic heterocycles. The summed E-state index contributed by atoms with van der Waals surface area (Å²) in [6.45, 7) is 9.89. The smallest absolute Gasteiger partial charge is 0.124 e. The zero-order valence-corrected chi connectivity index (χ0v) is 20.8. The molecule has 4 heterocycles. The standard InChI is InChI=1S/C29H37N3O2/c1-20(2)21-5-7-24(8-6-21)29(33,28(3)18-32(4)19-28)25-15-23(16-30-17-25)27-10-9-26(31-27)22-11-13-34-14-12-22/h5-10,15-17,20,22,31,33H,11-14,18-19H2,1-4H3. The van der Waals surface area contributed by atoms with Gasteiger partial charge in [-0.25, -0.2) is 0 Å². The molecule has 180 valence electrons. The van der Waals surface area contributed by atoms with Crippen molar-refractivity contribution in [1.29, 1.82) is 0 Å². The topological polar surface area (TPSA) is 61.4 Å². The van der Waals surface area contributed by atoms with Crippen molar-refractivity contribution < 1.29 is 9.84 Å². The van der Waals surface area contributed by atoms with Crippen LogP contribution in [0, 0.1) is 5.41 Å². The summed E-state index contributed by atoms with van der Waals surface area (Å²) in [5, 5.41) is 12.5. The van der Waals surface area contributed by atoms with Gasteiger partial charge in [0.25, 0.3) is 0 Å². The molecule has 1 atom stereocenters. The zero-order chi connectivity index (χ0) is 23.9. The Morgan fingerprint density at radius 3 is 2.41 bits per heavy atom. The van der Waals surface area contributed by atoms with E-state index < -0.39 is 5.60 Å². The number of likely N-dealkylation sites (tertiary alicyclic amines) is 1. The minimum atomic E-state index is -1.13. The quantitative estimate of drug-likeness (QED) is 0.526. The normalized spacial score (nSPS) is 20.8. The van der Waals surface area contributed by atoms with E-state index in [4.69, 9.17) is 4.74 Å². The van der Waals surface area contributed by atoms with E-state index in [0.717, 1.165) is 61.5 Å². The molecule has 0 radical (unpaired) electrons. The maximum atomic E-state index is 12.5. The number of hydrogen-bond donors (Lipinski definition) is 2. The Morgan fingerprint density at radius 1 is 1.06 bits per heavy atom. The van der Waals surface area contributed by atoms with Gasteiger partial charge in [-0.3, -0.25) is 4.98 Å². The highest BCUT2D eigenvalue weighted by molar-refractivity contribution is 5.61. The SMILES string of the molecule is CC(C)c1ccc(C(O)(c2cncc(-c3ccc(C4CCOCC4)[nH]3)c2)C2(C)CN(C)C2)cc1. The summed E-state index contributed by atoms with van der Waals surface area (Å²) in [6.07, 6.45) is 5.83. The first-order valence-electron chi connectivity index (χ1n) is 12.5. The number of hydrogen-bond acceptors (Lipinski definition) is 4. The van der Waals surface area contributed by atoms with Gasteiger partial charge < -0.3 is 19.7 Å². The number of nitrogens with zero attached hydrogens (tertiary/aromatic N) is 2. The molecule has 0 spiro atoms. The van der Waals surface area contributed by atoms with Gasteiger partial charge in [-0.1, -0.05) is 45.0 Å². The van der Waals surface area contributed by atoms with Gasteiger partial charge in [0.05, 0.1) is 0 Å². The molecule has 1 unspecified atom stereocenters. The molecular formula is C29H37N3O2. The molecule has 2 saturated heterocycles. The van der Waals surface area contributed by atoms with Crippen LogP contribution in [0.25, 0.3) is 11.3 Å². The van der Waals surface area contributed by atoms with E-state index in [1.807, 2.05) is 12.4 Å². The van der Waals surface area contributed by atoms with Crippen molar-refractivity contribution in [2.24, 2.45) is 5.41 Å². The van der Waals surface area contributed by atoms with Gasteiger partial charge in [0.15, 0.2) is 0 Å². The van der Waals surface area contributed by atoms with Crippen LogP contribution in [0.1, 0.15) is 67.8 Å². The van der Waals surface area contributed by atoms with E-state index in [0.29, 0.717) is 11.8 Å². The van der Waals surface area contributed by atoms with E-state index in [1.165, 1.54) is 11.3 Å². The minimum absolute atomic E-state index is 0.301. The van der Waals surface area contributed by atoms with E-state index >= 15 is 0 Å². The average molecular weight is 460 g/mol. The van der Waals surface area contributed by atoms with E-state index in [2.05, 4.69) is 85.2 Å². The van der Waals surface area contributed by atoms with Gasteiger partial charge in [0, 0.05) is 72.5 Å². The summed E-state index contributed by atoms with van der Waals surface area (Å²) < 4.78 is 5.53. The minimum Gasteiger partial charge on any atom is -0.381 e. The number of nitrogens with one attached hydrogen (secondary N) is 1. The second-order valence-electron chi connectivity index (χ2n) is 10.9. The first-order chi connectivity index (χ1) is 16.3. The molecule has 5 heteroatoms. The van der Waals surface area contributed by atoms with Gasteiger partial charge in [-0.05, 0) is 55.1 Å². The van der Waals surface area contributed by atoms with E-state index in [-0.39, 0.29) is 5.41 Å². The molecule has 5 rings (SSSR count). The number of aliphatic hydroxyl groups is 1. The second kappa shape index (κ2) is 8.95. The largest absolute Gasteiger partial charge is 0.381 e. The lowest BCUT2D eigenvalue weighted by molar-refractivity contribution is -0.127. The molecular weight excluding hydrogens is 422 g/mol. The zero-order valence-electron chi connectivity index (χ0n) is 20.8. The third-order valence-electron chi connectivity index (χ3n) is 7.94. The fourth-order valence-corrected chi connectivity index (χ4v) is 5.96. The number of aromatic amines is 1. The summed E-state index contributed by atoms with van der Waals surface area (Å²) in [6, 6.07) is 15.0. The van der Waals surface area contributed by atoms with E-state index in [1.54, 1.807) is 0 Å². The lowest BCUT2D eigenvalue weighted by Gasteiger charge is -2.55. The molecule has 2 N–H and O–H groups in total. The Labute approximate surface area is 203 Å². The van der Waals surface area contributed by atoms with Gasteiger partial charge in [0.2, 0.25) is 0 Å². The van der Waals surface area contributed by atoms with Crippen molar-refractivity contribution in [3.8, 4) is 11.3 Å². The van der Waals surface area contributed by atoms with Crippen molar-refractivity contribution in [2.75, 3.05) is 33.4 Å². The number of aromatic nitrogens is 2. The maximum absolute atomic E-state index is 12.5. The Hall–Kier alpha value is -2.47. The number of H-pyrrole nitrogens is 1. The van der Waals surface area contributed by atoms with Gasteiger partial charge >= 0.3 is 0 Å². The highest BCUT2D eigenvalue weighted by Gasteiger charge is 2.55. The Morgan fingerprint density at radius 2 is 1.76 bits per heavy atom. The third kappa shape index (κ3) is 4.00. The molecule has 2 aliphatic heterocycles. The molecule has 5 nitrogen and oxygen atoms in total.